The molecule has 5 N–H and O–H groups in total. The van der Waals surface area contributed by atoms with Crippen molar-refractivity contribution in [2.75, 3.05) is 19.0 Å². The Morgan fingerprint density at radius 1 is 1.40 bits per heavy atom. The van der Waals surface area contributed by atoms with Crippen LogP contribution in [0, 0.1) is 5.92 Å². The maximum Gasteiger partial charge on any atom is 0.248 e. The van der Waals surface area contributed by atoms with Crippen LogP contribution in [0.15, 0.2) is 18.2 Å². The Morgan fingerprint density at radius 2 is 2.10 bits per heavy atom. The lowest BCUT2D eigenvalue weighted by Gasteiger charge is -2.14. The molecule has 0 saturated carbocycles. The first-order valence-electron chi connectivity index (χ1n) is 6.48. The van der Waals surface area contributed by atoms with Crippen LogP contribution in [-0.2, 0) is 4.79 Å². The number of hydrogen-bond donors (Lipinski definition) is 3. The number of anilines is 1. The highest BCUT2D eigenvalue weighted by molar-refractivity contribution is 5.98. The van der Waals surface area contributed by atoms with Gasteiger partial charge in [-0.2, -0.15) is 0 Å². The summed E-state index contributed by atoms with van der Waals surface area (Å²) in [5.74, 6) is -0.382. The summed E-state index contributed by atoms with van der Waals surface area (Å²) in [6.07, 6.45) is 1.49. The Hall–Kier alpha value is -2.08. The molecule has 110 valence electrons. The minimum absolute atomic E-state index is 0.140. The molecule has 1 aromatic rings. The number of nitrogens with one attached hydrogen (secondary N) is 1. The lowest BCUT2D eigenvalue weighted by atomic mass is 10.0. The van der Waals surface area contributed by atoms with E-state index in [1.165, 1.54) is 13.2 Å². The second kappa shape index (κ2) is 7.49. The standard InChI is InChI=1S/C14H21N3O3/c1-9(4-3-7-15)14(19)17-11-8-10(13(16)18)5-6-12(11)20-2/h5-6,8-9H,3-4,7,15H2,1-2H3,(H2,16,18)(H,17,19). The first-order valence-corrected chi connectivity index (χ1v) is 6.48. The predicted molar refractivity (Wildman–Crippen MR) is 77.6 cm³/mol. The zero-order valence-electron chi connectivity index (χ0n) is 11.8. The lowest BCUT2D eigenvalue weighted by Crippen LogP contribution is -2.22. The SMILES string of the molecule is COc1ccc(C(N)=O)cc1NC(=O)C(C)CCCN. The van der Waals surface area contributed by atoms with Crippen LogP contribution >= 0.6 is 0 Å². The van der Waals surface area contributed by atoms with E-state index < -0.39 is 5.91 Å². The van der Waals surface area contributed by atoms with Crippen LogP contribution in [0.2, 0.25) is 0 Å². The molecule has 1 rings (SSSR count). The van der Waals surface area contributed by atoms with Crippen molar-refractivity contribution in [2.45, 2.75) is 19.8 Å². The highest BCUT2D eigenvalue weighted by atomic mass is 16.5. The molecule has 1 aromatic carbocycles. The van der Waals surface area contributed by atoms with Gasteiger partial charge in [0.25, 0.3) is 0 Å². The molecule has 0 aromatic heterocycles. The topological polar surface area (TPSA) is 107 Å². The highest BCUT2D eigenvalue weighted by Crippen LogP contribution is 2.26. The van der Waals surface area contributed by atoms with Crippen LogP contribution in [0.4, 0.5) is 5.69 Å². The third-order valence-corrected chi connectivity index (χ3v) is 3.03. The van der Waals surface area contributed by atoms with Crippen molar-refractivity contribution in [2.24, 2.45) is 17.4 Å². The number of benzene rings is 1. The summed E-state index contributed by atoms with van der Waals surface area (Å²) >= 11 is 0. The lowest BCUT2D eigenvalue weighted by molar-refractivity contribution is -0.119. The van der Waals surface area contributed by atoms with Gasteiger partial charge in [-0.1, -0.05) is 6.92 Å². The van der Waals surface area contributed by atoms with Crippen LogP contribution in [0.1, 0.15) is 30.1 Å². The number of methoxy groups -OCH3 is 1. The summed E-state index contributed by atoms with van der Waals surface area (Å²) in [5, 5.41) is 2.75. The number of primary amides is 1. The second-order valence-corrected chi connectivity index (χ2v) is 4.60. The van der Waals surface area contributed by atoms with E-state index in [-0.39, 0.29) is 11.8 Å². The molecule has 1 atom stereocenters. The molecule has 0 aliphatic carbocycles. The largest absolute Gasteiger partial charge is 0.495 e. The fourth-order valence-electron chi connectivity index (χ4n) is 1.77. The van der Waals surface area contributed by atoms with Crippen LogP contribution in [0.5, 0.6) is 5.75 Å². The molecule has 0 saturated heterocycles. The maximum atomic E-state index is 12.0. The summed E-state index contributed by atoms with van der Waals surface area (Å²) in [6.45, 7) is 2.38. The molecule has 20 heavy (non-hydrogen) atoms. The zero-order chi connectivity index (χ0) is 15.1. The van der Waals surface area contributed by atoms with Gasteiger partial charge >= 0.3 is 0 Å². The Kier molecular flexibility index (Phi) is 5.99. The number of ether oxygens (including phenoxy) is 1. The van der Waals surface area contributed by atoms with E-state index in [4.69, 9.17) is 16.2 Å². The molecule has 6 nitrogen and oxygen atoms in total. The van der Waals surface area contributed by atoms with Gasteiger partial charge in [0.05, 0.1) is 12.8 Å². The van der Waals surface area contributed by atoms with Crippen LogP contribution in [-0.4, -0.2) is 25.5 Å². The monoisotopic (exact) mass is 279 g/mol. The van der Waals surface area contributed by atoms with Gasteiger partial charge in [0.2, 0.25) is 11.8 Å². The van der Waals surface area contributed by atoms with Crippen molar-refractivity contribution >= 4 is 17.5 Å². The van der Waals surface area contributed by atoms with Gasteiger partial charge in [-0.3, -0.25) is 9.59 Å². The van der Waals surface area contributed by atoms with Crippen molar-refractivity contribution in [3.05, 3.63) is 23.8 Å². The molecule has 2 amide bonds. The number of rotatable bonds is 7. The molecule has 0 aliphatic heterocycles. The molecular weight excluding hydrogens is 258 g/mol. The number of carbonyl (C=O) groups is 2. The summed E-state index contributed by atoms with van der Waals surface area (Å²) in [6, 6.07) is 4.66. The van der Waals surface area contributed by atoms with Gasteiger partial charge in [-0.25, -0.2) is 0 Å². The van der Waals surface area contributed by atoms with E-state index in [1.54, 1.807) is 12.1 Å². The maximum absolute atomic E-state index is 12.0. The van der Waals surface area contributed by atoms with E-state index in [9.17, 15) is 9.59 Å². The first-order chi connectivity index (χ1) is 9.49. The van der Waals surface area contributed by atoms with Crippen LogP contribution in [0.3, 0.4) is 0 Å². The molecule has 6 heteroatoms. The molecule has 0 spiro atoms. The van der Waals surface area contributed by atoms with E-state index in [0.717, 1.165) is 6.42 Å². The Morgan fingerprint density at radius 3 is 2.65 bits per heavy atom. The molecular formula is C14H21N3O3. The number of carbonyl (C=O) groups excluding carboxylic acids is 2. The highest BCUT2D eigenvalue weighted by Gasteiger charge is 2.15. The fraction of sp³-hybridized carbons (Fsp3) is 0.429. The van der Waals surface area contributed by atoms with Gasteiger partial charge in [0, 0.05) is 11.5 Å². The average Bonchev–Trinajstić information content (AvgIpc) is 2.44. The van der Waals surface area contributed by atoms with Gasteiger partial charge in [0.15, 0.2) is 0 Å². The van der Waals surface area contributed by atoms with Gasteiger partial charge in [0.1, 0.15) is 5.75 Å². The summed E-state index contributed by atoms with van der Waals surface area (Å²) in [4.78, 5) is 23.2. The van der Waals surface area contributed by atoms with Crippen molar-refractivity contribution in [1.29, 1.82) is 0 Å². The summed E-state index contributed by atoms with van der Waals surface area (Å²) in [5.41, 5.74) is 11.4. The minimum atomic E-state index is -0.556. The molecule has 0 heterocycles. The molecule has 0 bridgehead atoms. The average molecular weight is 279 g/mol. The van der Waals surface area contributed by atoms with Crippen molar-refractivity contribution in [1.82, 2.24) is 0 Å². The van der Waals surface area contributed by atoms with E-state index in [1.807, 2.05) is 6.92 Å². The predicted octanol–water partition coefficient (Wildman–Crippen LogP) is 1.11. The summed E-state index contributed by atoms with van der Waals surface area (Å²) < 4.78 is 5.15. The summed E-state index contributed by atoms with van der Waals surface area (Å²) in [7, 11) is 1.49. The minimum Gasteiger partial charge on any atom is -0.495 e. The Balaban J connectivity index is 2.86. The fourth-order valence-corrected chi connectivity index (χ4v) is 1.77. The third-order valence-electron chi connectivity index (χ3n) is 3.03. The van der Waals surface area contributed by atoms with Crippen LogP contribution < -0.4 is 21.5 Å². The van der Waals surface area contributed by atoms with Crippen molar-refractivity contribution in [3.63, 3.8) is 0 Å². The van der Waals surface area contributed by atoms with Crippen LogP contribution in [0.25, 0.3) is 0 Å². The van der Waals surface area contributed by atoms with Gasteiger partial charge in [-0.05, 0) is 37.6 Å². The second-order valence-electron chi connectivity index (χ2n) is 4.60. The molecule has 1 unspecified atom stereocenters. The Bertz CT molecular complexity index is 489. The number of amides is 2. The van der Waals surface area contributed by atoms with Gasteiger partial charge in [-0.15, -0.1) is 0 Å². The molecule has 0 radical (unpaired) electrons. The van der Waals surface area contributed by atoms with E-state index in [0.29, 0.717) is 30.0 Å². The molecule has 0 aliphatic rings. The van der Waals surface area contributed by atoms with Gasteiger partial charge < -0.3 is 21.5 Å². The van der Waals surface area contributed by atoms with Crippen molar-refractivity contribution < 1.29 is 14.3 Å². The first kappa shape index (κ1) is 16.0. The number of hydrogen-bond acceptors (Lipinski definition) is 4. The quantitative estimate of drug-likeness (QED) is 0.694. The Labute approximate surface area is 118 Å². The van der Waals surface area contributed by atoms with E-state index in [2.05, 4.69) is 5.32 Å². The van der Waals surface area contributed by atoms with Crippen molar-refractivity contribution in [3.8, 4) is 5.75 Å². The molecule has 0 fully saturated rings. The smallest absolute Gasteiger partial charge is 0.248 e. The zero-order valence-corrected chi connectivity index (χ0v) is 11.8. The normalized spacial score (nSPS) is 11.8. The van der Waals surface area contributed by atoms with E-state index >= 15 is 0 Å². The third kappa shape index (κ3) is 4.24. The number of nitrogens with two attached hydrogens (primary N) is 2.